The number of hydrogen-bond donors (Lipinski definition) is 1. The van der Waals surface area contributed by atoms with Gasteiger partial charge in [-0.15, -0.1) is 11.8 Å². The molecule has 0 aliphatic carbocycles. The van der Waals surface area contributed by atoms with Crippen molar-refractivity contribution in [2.24, 2.45) is 0 Å². The van der Waals surface area contributed by atoms with Crippen molar-refractivity contribution >= 4 is 35.1 Å². The first kappa shape index (κ1) is 19.6. The third-order valence-corrected chi connectivity index (χ3v) is 7.04. The Labute approximate surface area is 183 Å². The standard InChI is InChI=1S/C24H20FN3O2S/c25-18-10-12-19(13-11-18)26-23(30)28-14-15-31-24(28)20-8-4-5-9-21(20)27(22(24)29)16-17-6-2-1-3-7-17/h1-13H,14-16H2,(H,26,30). The van der Waals surface area contributed by atoms with E-state index < -0.39 is 4.87 Å². The highest BCUT2D eigenvalue weighted by Gasteiger charge is 2.59. The lowest BCUT2D eigenvalue weighted by Crippen LogP contribution is -2.51. The molecule has 7 heteroatoms. The molecule has 0 aromatic heterocycles. The molecule has 2 aliphatic rings. The van der Waals surface area contributed by atoms with Gasteiger partial charge in [-0.05, 0) is 35.9 Å². The van der Waals surface area contributed by atoms with Crippen LogP contribution in [-0.4, -0.2) is 29.1 Å². The molecule has 1 unspecified atom stereocenters. The summed E-state index contributed by atoms with van der Waals surface area (Å²) in [6.07, 6.45) is 0. The Kier molecular flexibility index (Phi) is 4.90. The Morgan fingerprint density at radius 2 is 1.71 bits per heavy atom. The van der Waals surface area contributed by atoms with E-state index in [9.17, 15) is 14.0 Å². The van der Waals surface area contributed by atoms with Gasteiger partial charge in [0.25, 0.3) is 5.91 Å². The summed E-state index contributed by atoms with van der Waals surface area (Å²) in [5, 5.41) is 2.81. The normalized spacial score (nSPS) is 19.7. The van der Waals surface area contributed by atoms with Crippen LogP contribution in [-0.2, 0) is 16.2 Å². The van der Waals surface area contributed by atoms with E-state index >= 15 is 0 Å². The smallest absolute Gasteiger partial charge is 0.308 e. The van der Waals surface area contributed by atoms with Crippen LogP contribution in [0, 0.1) is 5.82 Å². The van der Waals surface area contributed by atoms with E-state index in [0.29, 0.717) is 24.5 Å². The number of thioether (sulfide) groups is 1. The predicted molar refractivity (Wildman–Crippen MR) is 120 cm³/mol. The van der Waals surface area contributed by atoms with E-state index in [1.165, 1.54) is 36.0 Å². The molecule has 1 saturated heterocycles. The fourth-order valence-corrected chi connectivity index (χ4v) is 5.68. The van der Waals surface area contributed by atoms with E-state index in [4.69, 9.17) is 0 Å². The molecule has 0 radical (unpaired) electrons. The fraction of sp³-hybridized carbons (Fsp3) is 0.167. The van der Waals surface area contributed by atoms with E-state index in [1.54, 1.807) is 9.80 Å². The topological polar surface area (TPSA) is 52.7 Å². The summed E-state index contributed by atoms with van der Waals surface area (Å²) in [7, 11) is 0. The molecule has 1 fully saturated rings. The van der Waals surface area contributed by atoms with Gasteiger partial charge in [-0.3, -0.25) is 9.69 Å². The Morgan fingerprint density at radius 3 is 2.48 bits per heavy atom. The minimum Gasteiger partial charge on any atom is -0.308 e. The van der Waals surface area contributed by atoms with Crippen LogP contribution in [0.5, 0.6) is 0 Å². The molecule has 3 aromatic rings. The summed E-state index contributed by atoms with van der Waals surface area (Å²) < 4.78 is 13.2. The van der Waals surface area contributed by atoms with Crippen LogP contribution in [0.25, 0.3) is 0 Å². The van der Waals surface area contributed by atoms with Crippen molar-refractivity contribution in [1.82, 2.24) is 4.90 Å². The number of amides is 3. The number of nitrogens with zero attached hydrogens (tertiary/aromatic N) is 2. The fourth-order valence-electron chi connectivity index (χ4n) is 4.22. The summed E-state index contributed by atoms with van der Waals surface area (Å²) in [4.78, 5) is 29.3. The molecule has 0 bridgehead atoms. The molecule has 1 atom stereocenters. The molecule has 1 N–H and O–H groups in total. The Morgan fingerprint density at radius 1 is 1.00 bits per heavy atom. The maximum atomic E-state index is 13.8. The second-order valence-corrected chi connectivity index (χ2v) is 8.76. The first-order valence-corrected chi connectivity index (χ1v) is 11.0. The van der Waals surface area contributed by atoms with Crippen LogP contribution < -0.4 is 10.2 Å². The summed E-state index contributed by atoms with van der Waals surface area (Å²) >= 11 is 1.48. The van der Waals surface area contributed by atoms with Crippen LogP contribution in [0.3, 0.4) is 0 Å². The first-order valence-electron chi connectivity index (χ1n) is 10.0. The van der Waals surface area contributed by atoms with Crippen molar-refractivity contribution in [2.75, 3.05) is 22.5 Å². The van der Waals surface area contributed by atoms with Gasteiger partial charge in [0.15, 0.2) is 4.87 Å². The van der Waals surface area contributed by atoms with Gasteiger partial charge < -0.3 is 10.2 Å². The zero-order valence-corrected chi connectivity index (χ0v) is 17.4. The third-order valence-electron chi connectivity index (χ3n) is 5.63. The van der Waals surface area contributed by atoms with Gasteiger partial charge in [0.1, 0.15) is 5.82 Å². The van der Waals surface area contributed by atoms with E-state index in [1.807, 2.05) is 54.6 Å². The van der Waals surface area contributed by atoms with Crippen LogP contribution >= 0.6 is 11.8 Å². The summed E-state index contributed by atoms with van der Waals surface area (Å²) in [6, 6.07) is 22.7. The SMILES string of the molecule is O=C(Nc1ccc(F)cc1)N1CCSC12C(=O)N(Cc1ccccc1)c1ccccc12. The first-order chi connectivity index (χ1) is 15.1. The van der Waals surface area contributed by atoms with Crippen molar-refractivity contribution in [3.63, 3.8) is 0 Å². The molecule has 1 spiro atoms. The summed E-state index contributed by atoms with van der Waals surface area (Å²) in [6.45, 7) is 0.878. The molecule has 2 heterocycles. The number of hydrogen-bond acceptors (Lipinski definition) is 3. The molecule has 31 heavy (non-hydrogen) atoms. The van der Waals surface area contributed by atoms with Crippen molar-refractivity contribution in [2.45, 2.75) is 11.4 Å². The van der Waals surface area contributed by atoms with Crippen LogP contribution in [0.2, 0.25) is 0 Å². The number of halogens is 1. The quantitative estimate of drug-likeness (QED) is 0.645. The number of para-hydroxylation sites is 1. The van der Waals surface area contributed by atoms with Crippen LogP contribution in [0.1, 0.15) is 11.1 Å². The van der Waals surface area contributed by atoms with Crippen LogP contribution in [0.4, 0.5) is 20.6 Å². The van der Waals surface area contributed by atoms with Gasteiger partial charge in [-0.2, -0.15) is 0 Å². The maximum Gasteiger partial charge on any atom is 0.323 e. The van der Waals surface area contributed by atoms with Crippen molar-refractivity contribution in [1.29, 1.82) is 0 Å². The highest BCUT2D eigenvalue weighted by molar-refractivity contribution is 8.01. The van der Waals surface area contributed by atoms with Gasteiger partial charge >= 0.3 is 6.03 Å². The summed E-state index contributed by atoms with van der Waals surface area (Å²) in [5.74, 6) is 0.160. The zero-order chi connectivity index (χ0) is 21.4. The minimum atomic E-state index is -1.10. The average molecular weight is 434 g/mol. The molecular formula is C24H20FN3O2S. The lowest BCUT2D eigenvalue weighted by atomic mass is 10.1. The van der Waals surface area contributed by atoms with E-state index in [2.05, 4.69) is 5.32 Å². The Bertz CT molecular complexity index is 1140. The lowest BCUT2D eigenvalue weighted by Gasteiger charge is -2.33. The van der Waals surface area contributed by atoms with Gasteiger partial charge in [0, 0.05) is 23.5 Å². The molecule has 156 valence electrons. The van der Waals surface area contributed by atoms with Crippen molar-refractivity contribution in [3.8, 4) is 0 Å². The number of fused-ring (bicyclic) bond motifs is 2. The van der Waals surface area contributed by atoms with Crippen molar-refractivity contribution in [3.05, 3.63) is 95.8 Å². The Balaban J connectivity index is 1.50. The molecule has 3 amide bonds. The molecule has 3 aromatic carbocycles. The number of carbonyl (C=O) groups is 2. The minimum absolute atomic E-state index is 0.116. The second-order valence-electron chi connectivity index (χ2n) is 7.48. The largest absolute Gasteiger partial charge is 0.323 e. The van der Waals surface area contributed by atoms with Gasteiger partial charge in [0.05, 0.1) is 12.2 Å². The summed E-state index contributed by atoms with van der Waals surface area (Å²) in [5.41, 5.74) is 3.16. The molecule has 0 saturated carbocycles. The van der Waals surface area contributed by atoms with E-state index in [-0.39, 0.29) is 17.8 Å². The van der Waals surface area contributed by atoms with Gasteiger partial charge in [0.2, 0.25) is 0 Å². The monoisotopic (exact) mass is 433 g/mol. The number of nitrogens with one attached hydrogen (secondary N) is 1. The number of urea groups is 1. The lowest BCUT2D eigenvalue weighted by molar-refractivity contribution is -0.123. The molecule has 5 rings (SSSR count). The number of benzene rings is 3. The number of rotatable bonds is 3. The molecule has 2 aliphatic heterocycles. The predicted octanol–water partition coefficient (Wildman–Crippen LogP) is 4.81. The van der Waals surface area contributed by atoms with Gasteiger partial charge in [-0.1, -0.05) is 48.5 Å². The second kappa shape index (κ2) is 7.74. The number of carbonyl (C=O) groups excluding carboxylic acids is 2. The maximum absolute atomic E-state index is 13.8. The highest BCUT2D eigenvalue weighted by Crippen LogP contribution is 2.54. The van der Waals surface area contributed by atoms with E-state index in [0.717, 1.165) is 16.8 Å². The average Bonchev–Trinajstić information content (AvgIpc) is 3.34. The Hall–Kier alpha value is -3.32. The highest BCUT2D eigenvalue weighted by atomic mass is 32.2. The van der Waals surface area contributed by atoms with Crippen LogP contribution in [0.15, 0.2) is 78.9 Å². The van der Waals surface area contributed by atoms with Gasteiger partial charge in [-0.25, -0.2) is 9.18 Å². The van der Waals surface area contributed by atoms with Crippen molar-refractivity contribution < 1.29 is 14.0 Å². The molecular weight excluding hydrogens is 413 g/mol. The molecule has 5 nitrogen and oxygen atoms in total. The number of anilines is 2. The third kappa shape index (κ3) is 3.25. The zero-order valence-electron chi connectivity index (χ0n) is 16.6.